The lowest BCUT2D eigenvalue weighted by molar-refractivity contribution is -0.195. The lowest BCUT2D eigenvalue weighted by Crippen LogP contribution is -2.42. The summed E-state index contributed by atoms with van der Waals surface area (Å²) in [5.41, 5.74) is 0.430. The molecule has 19 heavy (non-hydrogen) atoms. The number of hydrogen-bond acceptors (Lipinski definition) is 3. The van der Waals surface area contributed by atoms with Crippen LogP contribution in [-0.2, 0) is 9.63 Å². The topological polar surface area (TPSA) is 58.6 Å². The maximum atomic E-state index is 11.8. The van der Waals surface area contributed by atoms with Gasteiger partial charge in [-0.2, -0.15) is 0 Å². The Morgan fingerprint density at radius 3 is 2.89 bits per heavy atom. The number of nitrogens with one attached hydrogen (secondary N) is 1. The van der Waals surface area contributed by atoms with Crippen LogP contribution in [0.25, 0.3) is 0 Å². The molecule has 1 aromatic carbocycles. The number of amides is 2. The molecule has 0 spiro atoms. The monoisotopic (exact) mass is 282 g/mol. The van der Waals surface area contributed by atoms with Gasteiger partial charge in [0.25, 0.3) is 11.8 Å². The van der Waals surface area contributed by atoms with Gasteiger partial charge in [-0.1, -0.05) is 17.7 Å². The summed E-state index contributed by atoms with van der Waals surface area (Å²) in [5, 5.41) is 4.35. The molecule has 1 aromatic rings. The summed E-state index contributed by atoms with van der Waals surface area (Å²) in [7, 11) is 0. The van der Waals surface area contributed by atoms with E-state index in [1.807, 2.05) is 0 Å². The number of hydrogen-bond donors (Lipinski definition) is 1. The van der Waals surface area contributed by atoms with E-state index in [1.165, 1.54) is 5.06 Å². The molecule has 2 rings (SSSR count). The highest BCUT2D eigenvalue weighted by atomic mass is 35.5. The van der Waals surface area contributed by atoms with Gasteiger partial charge in [0.2, 0.25) is 0 Å². The van der Waals surface area contributed by atoms with Crippen molar-refractivity contribution in [1.82, 2.24) is 10.4 Å². The van der Waals surface area contributed by atoms with Gasteiger partial charge in [0.05, 0.1) is 13.2 Å². The third-order valence-corrected chi connectivity index (χ3v) is 3.00. The van der Waals surface area contributed by atoms with Gasteiger partial charge in [0.15, 0.2) is 0 Å². The molecule has 2 amide bonds. The lowest BCUT2D eigenvalue weighted by atomic mass is 10.2. The molecule has 1 aliphatic rings. The molecule has 1 saturated heterocycles. The third kappa shape index (κ3) is 3.94. The van der Waals surface area contributed by atoms with Crippen molar-refractivity contribution < 1.29 is 14.4 Å². The fourth-order valence-corrected chi connectivity index (χ4v) is 1.96. The molecule has 0 radical (unpaired) electrons. The van der Waals surface area contributed by atoms with E-state index in [0.29, 0.717) is 23.7 Å². The van der Waals surface area contributed by atoms with Gasteiger partial charge in [0, 0.05) is 17.1 Å². The lowest BCUT2D eigenvalue weighted by Gasteiger charge is -2.25. The first-order valence-corrected chi connectivity index (χ1v) is 6.51. The zero-order valence-electron chi connectivity index (χ0n) is 10.4. The summed E-state index contributed by atoms with van der Waals surface area (Å²) >= 11 is 5.80. The number of halogens is 1. The van der Waals surface area contributed by atoms with E-state index in [2.05, 4.69) is 5.32 Å². The van der Waals surface area contributed by atoms with E-state index in [4.69, 9.17) is 16.4 Å². The molecular weight excluding hydrogens is 268 g/mol. The van der Waals surface area contributed by atoms with E-state index in [9.17, 15) is 9.59 Å². The first-order chi connectivity index (χ1) is 9.16. The molecule has 0 aliphatic carbocycles. The molecule has 0 unspecified atom stereocenters. The van der Waals surface area contributed by atoms with Crippen LogP contribution in [0.15, 0.2) is 24.3 Å². The smallest absolute Gasteiger partial charge is 0.265 e. The quantitative estimate of drug-likeness (QED) is 0.916. The molecule has 102 valence electrons. The number of benzene rings is 1. The summed E-state index contributed by atoms with van der Waals surface area (Å²) < 4.78 is 0. The Morgan fingerprint density at radius 1 is 1.37 bits per heavy atom. The standard InChI is InChI=1S/C13H15ClN2O3/c14-11-5-3-4-10(8-11)13(18)15-9-12(17)16-6-1-2-7-19-16/h3-5,8H,1-2,6-7,9H2,(H,15,18). The van der Waals surface area contributed by atoms with E-state index >= 15 is 0 Å². The highest BCUT2D eigenvalue weighted by molar-refractivity contribution is 6.30. The van der Waals surface area contributed by atoms with Gasteiger partial charge in [0.1, 0.15) is 0 Å². The van der Waals surface area contributed by atoms with Gasteiger partial charge in [-0.05, 0) is 31.0 Å². The molecule has 1 heterocycles. The fraction of sp³-hybridized carbons (Fsp3) is 0.385. The van der Waals surface area contributed by atoms with E-state index < -0.39 is 0 Å². The molecule has 5 nitrogen and oxygen atoms in total. The van der Waals surface area contributed by atoms with Gasteiger partial charge >= 0.3 is 0 Å². The Labute approximate surface area is 116 Å². The number of nitrogens with zero attached hydrogens (tertiary/aromatic N) is 1. The van der Waals surface area contributed by atoms with Crippen LogP contribution >= 0.6 is 11.6 Å². The third-order valence-electron chi connectivity index (χ3n) is 2.77. The molecule has 0 bridgehead atoms. The van der Waals surface area contributed by atoms with Crippen LogP contribution in [-0.4, -0.2) is 36.6 Å². The SMILES string of the molecule is O=C(NCC(=O)N1CCCCO1)c1cccc(Cl)c1. The molecule has 1 fully saturated rings. The predicted octanol–water partition coefficient (Wildman–Crippen LogP) is 1.62. The van der Waals surface area contributed by atoms with E-state index in [-0.39, 0.29) is 18.4 Å². The Bertz CT molecular complexity index is 473. The van der Waals surface area contributed by atoms with Crippen molar-refractivity contribution in [2.75, 3.05) is 19.7 Å². The van der Waals surface area contributed by atoms with E-state index in [0.717, 1.165) is 12.8 Å². The number of rotatable bonds is 3. The van der Waals surface area contributed by atoms with Crippen LogP contribution in [0.4, 0.5) is 0 Å². The van der Waals surface area contributed by atoms with Crippen molar-refractivity contribution in [3.63, 3.8) is 0 Å². The second kappa shape index (κ2) is 6.54. The zero-order chi connectivity index (χ0) is 13.7. The van der Waals surface area contributed by atoms with Crippen LogP contribution in [0.3, 0.4) is 0 Å². The molecule has 6 heteroatoms. The Morgan fingerprint density at radius 2 is 2.21 bits per heavy atom. The summed E-state index contributed by atoms with van der Waals surface area (Å²) in [6.07, 6.45) is 1.88. The molecule has 0 aromatic heterocycles. The van der Waals surface area contributed by atoms with Crippen molar-refractivity contribution in [1.29, 1.82) is 0 Å². The molecular formula is C13H15ClN2O3. The summed E-state index contributed by atoms with van der Waals surface area (Å²) in [6.45, 7) is 1.05. The highest BCUT2D eigenvalue weighted by Crippen LogP contribution is 2.10. The second-order valence-corrected chi connectivity index (χ2v) is 4.67. The Kier molecular flexibility index (Phi) is 4.76. The van der Waals surface area contributed by atoms with Crippen molar-refractivity contribution >= 4 is 23.4 Å². The van der Waals surface area contributed by atoms with Crippen molar-refractivity contribution in [2.24, 2.45) is 0 Å². The maximum absolute atomic E-state index is 11.8. The zero-order valence-corrected chi connectivity index (χ0v) is 11.2. The average molecular weight is 283 g/mol. The Balaban J connectivity index is 1.84. The predicted molar refractivity (Wildman–Crippen MR) is 70.7 cm³/mol. The summed E-state index contributed by atoms with van der Waals surface area (Å²) in [6, 6.07) is 6.57. The van der Waals surface area contributed by atoms with Gasteiger partial charge in [-0.25, -0.2) is 5.06 Å². The van der Waals surface area contributed by atoms with Crippen LogP contribution in [0.5, 0.6) is 0 Å². The maximum Gasteiger partial charge on any atom is 0.265 e. The first-order valence-electron chi connectivity index (χ1n) is 6.14. The number of carbonyl (C=O) groups is 2. The molecule has 0 atom stereocenters. The Hall–Kier alpha value is -1.59. The van der Waals surface area contributed by atoms with Crippen LogP contribution in [0.1, 0.15) is 23.2 Å². The first kappa shape index (κ1) is 13.8. The minimum absolute atomic E-state index is 0.0780. The minimum atomic E-state index is -0.326. The van der Waals surface area contributed by atoms with Crippen LogP contribution in [0.2, 0.25) is 5.02 Å². The molecule has 1 aliphatic heterocycles. The van der Waals surface area contributed by atoms with Crippen LogP contribution < -0.4 is 5.32 Å². The largest absolute Gasteiger partial charge is 0.343 e. The minimum Gasteiger partial charge on any atom is -0.343 e. The van der Waals surface area contributed by atoms with Crippen molar-refractivity contribution in [3.05, 3.63) is 34.9 Å². The number of hydroxylamine groups is 2. The fourth-order valence-electron chi connectivity index (χ4n) is 1.77. The van der Waals surface area contributed by atoms with Gasteiger partial charge in [-0.15, -0.1) is 0 Å². The number of carbonyl (C=O) groups excluding carboxylic acids is 2. The van der Waals surface area contributed by atoms with Crippen molar-refractivity contribution in [2.45, 2.75) is 12.8 Å². The van der Waals surface area contributed by atoms with Gasteiger partial charge < -0.3 is 5.32 Å². The second-order valence-electron chi connectivity index (χ2n) is 4.23. The molecule has 1 N–H and O–H groups in total. The van der Waals surface area contributed by atoms with Crippen LogP contribution in [0, 0.1) is 0 Å². The summed E-state index contributed by atoms with van der Waals surface area (Å²) in [4.78, 5) is 28.8. The van der Waals surface area contributed by atoms with Gasteiger partial charge in [-0.3, -0.25) is 14.4 Å². The molecule has 0 saturated carbocycles. The average Bonchev–Trinajstić information content (AvgIpc) is 2.45. The highest BCUT2D eigenvalue weighted by Gasteiger charge is 2.18. The van der Waals surface area contributed by atoms with Crippen molar-refractivity contribution in [3.8, 4) is 0 Å². The summed E-state index contributed by atoms with van der Waals surface area (Å²) in [5.74, 6) is -0.567. The normalized spacial score (nSPS) is 15.1. The van der Waals surface area contributed by atoms with E-state index in [1.54, 1.807) is 24.3 Å².